The van der Waals surface area contributed by atoms with Crippen LogP contribution in [0.3, 0.4) is 0 Å². The maximum Gasteiger partial charge on any atom is 0.418 e. The van der Waals surface area contributed by atoms with Crippen molar-refractivity contribution in [2.24, 2.45) is 0 Å². The van der Waals surface area contributed by atoms with Crippen molar-refractivity contribution >= 4 is 11.6 Å². The minimum absolute atomic E-state index is 0.00324. The Bertz CT molecular complexity index is 510. The summed E-state index contributed by atoms with van der Waals surface area (Å²) in [6.45, 7) is 5.68. The first-order valence-corrected chi connectivity index (χ1v) is 6.83. The van der Waals surface area contributed by atoms with E-state index in [1.807, 2.05) is 20.8 Å². The van der Waals surface area contributed by atoms with Crippen molar-refractivity contribution in [3.05, 3.63) is 29.3 Å². The molecule has 0 atom stereocenters. The van der Waals surface area contributed by atoms with E-state index in [9.17, 15) is 18.0 Å². The molecular formula is C15H21F3N2O. The molecule has 3 nitrogen and oxygen atoms in total. The number of para-hydroxylation sites is 1. The van der Waals surface area contributed by atoms with Crippen molar-refractivity contribution < 1.29 is 18.0 Å². The number of carbonyl (C=O) groups is 1. The molecule has 118 valence electrons. The second-order valence-electron chi connectivity index (χ2n) is 5.56. The molecule has 6 heteroatoms. The number of benzene rings is 1. The molecule has 0 radical (unpaired) electrons. The quantitative estimate of drug-likeness (QED) is 0.861. The number of rotatable bonds is 5. The number of halogens is 3. The lowest BCUT2D eigenvalue weighted by atomic mass is 9.97. The summed E-state index contributed by atoms with van der Waals surface area (Å²) >= 11 is 0. The van der Waals surface area contributed by atoms with Gasteiger partial charge in [0.05, 0.1) is 16.8 Å². The van der Waals surface area contributed by atoms with E-state index in [1.54, 1.807) is 0 Å². The van der Waals surface area contributed by atoms with Gasteiger partial charge in [-0.1, -0.05) is 19.4 Å². The van der Waals surface area contributed by atoms with E-state index in [0.717, 1.165) is 18.9 Å². The molecule has 21 heavy (non-hydrogen) atoms. The van der Waals surface area contributed by atoms with E-state index >= 15 is 0 Å². The third-order valence-electron chi connectivity index (χ3n) is 3.19. The number of hydrogen-bond donors (Lipinski definition) is 2. The predicted octanol–water partition coefficient (Wildman–Crippen LogP) is 4.06. The van der Waals surface area contributed by atoms with Gasteiger partial charge < -0.3 is 10.6 Å². The molecule has 0 aliphatic rings. The number of anilines is 1. The van der Waals surface area contributed by atoms with Crippen LogP contribution in [0.4, 0.5) is 18.9 Å². The minimum atomic E-state index is -4.51. The monoisotopic (exact) mass is 302 g/mol. The predicted molar refractivity (Wildman–Crippen MR) is 77.4 cm³/mol. The number of alkyl halides is 3. The van der Waals surface area contributed by atoms with Crippen LogP contribution in [0, 0.1) is 0 Å². The van der Waals surface area contributed by atoms with Gasteiger partial charge in [-0.15, -0.1) is 0 Å². The average Bonchev–Trinajstić information content (AvgIpc) is 2.35. The molecule has 1 aromatic carbocycles. The fourth-order valence-corrected chi connectivity index (χ4v) is 2.31. The Balaban J connectivity index is 3.16. The van der Waals surface area contributed by atoms with Crippen LogP contribution >= 0.6 is 0 Å². The van der Waals surface area contributed by atoms with Crippen molar-refractivity contribution in [3.8, 4) is 0 Å². The van der Waals surface area contributed by atoms with Gasteiger partial charge >= 0.3 is 6.18 Å². The average molecular weight is 302 g/mol. The molecule has 2 N–H and O–H groups in total. The number of amides is 1. The summed E-state index contributed by atoms with van der Waals surface area (Å²) in [5, 5.41) is 5.27. The molecule has 0 spiro atoms. The molecule has 1 aromatic rings. The third kappa shape index (κ3) is 4.37. The third-order valence-corrected chi connectivity index (χ3v) is 3.19. The van der Waals surface area contributed by atoms with Gasteiger partial charge in [0.25, 0.3) is 5.91 Å². The largest absolute Gasteiger partial charge is 0.418 e. The zero-order chi connectivity index (χ0) is 16.3. The van der Waals surface area contributed by atoms with Crippen LogP contribution in [0.2, 0.25) is 0 Å². The summed E-state index contributed by atoms with van der Waals surface area (Å²) in [7, 11) is 1.37. The number of carbonyl (C=O) groups excluding carboxylic acids is 1. The van der Waals surface area contributed by atoms with Gasteiger partial charge in [-0.2, -0.15) is 13.2 Å². The summed E-state index contributed by atoms with van der Waals surface area (Å²) in [4.78, 5) is 12.3. The first kappa shape index (κ1) is 17.3. The first-order valence-electron chi connectivity index (χ1n) is 6.83. The lowest BCUT2D eigenvalue weighted by molar-refractivity contribution is -0.136. The zero-order valence-corrected chi connectivity index (χ0v) is 12.7. The standard InChI is InChI=1S/C15H21F3N2O/c1-5-9-14(2,3)20-13(21)10-7-6-8-11(12(10)19-4)15(16,17)18/h6-8,19H,5,9H2,1-4H3,(H,20,21). The minimum Gasteiger partial charge on any atom is -0.387 e. The summed E-state index contributed by atoms with van der Waals surface area (Å²) in [6, 6.07) is 3.59. The van der Waals surface area contributed by atoms with Crippen LogP contribution in [-0.2, 0) is 6.18 Å². The van der Waals surface area contributed by atoms with Gasteiger partial charge in [0.15, 0.2) is 0 Å². The number of nitrogens with one attached hydrogen (secondary N) is 2. The summed E-state index contributed by atoms with van der Waals surface area (Å²) < 4.78 is 38.9. The van der Waals surface area contributed by atoms with Gasteiger partial charge in [0.1, 0.15) is 0 Å². The Labute approximate surface area is 122 Å². The highest BCUT2D eigenvalue weighted by Gasteiger charge is 2.35. The van der Waals surface area contributed by atoms with Crippen LogP contribution in [0.25, 0.3) is 0 Å². The molecule has 1 rings (SSSR count). The lowest BCUT2D eigenvalue weighted by Gasteiger charge is -2.26. The summed E-state index contributed by atoms with van der Waals surface area (Å²) in [6.07, 6.45) is -2.89. The van der Waals surface area contributed by atoms with E-state index in [4.69, 9.17) is 0 Å². The molecule has 0 bridgehead atoms. The van der Waals surface area contributed by atoms with Gasteiger partial charge in [0.2, 0.25) is 0 Å². The van der Waals surface area contributed by atoms with Gasteiger partial charge in [-0.05, 0) is 32.4 Å². The topological polar surface area (TPSA) is 41.1 Å². The van der Waals surface area contributed by atoms with E-state index in [-0.39, 0.29) is 11.3 Å². The second-order valence-corrected chi connectivity index (χ2v) is 5.56. The van der Waals surface area contributed by atoms with E-state index in [1.165, 1.54) is 19.2 Å². The molecule has 0 saturated heterocycles. The van der Waals surface area contributed by atoms with Gasteiger partial charge in [-0.25, -0.2) is 0 Å². The fraction of sp³-hybridized carbons (Fsp3) is 0.533. The molecule has 0 heterocycles. The van der Waals surface area contributed by atoms with Crippen LogP contribution in [-0.4, -0.2) is 18.5 Å². The molecule has 0 fully saturated rings. The molecule has 0 aliphatic carbocycles. The van der Waals surface area contributed by atoms with Gasteiger partial charge in [-0.3, -0.25) is 4.79 Å². The second kappa shape index (κ2) is 6.37. The SMILES string of the molecule is CCCC(C)(C)NC(=O)c1cccc(C(F)(F)F)c1NC. The van der Waals surface area contributed by atoms with Crippen LogP contribution in [0.15, 0.2) is 18.2 Å². The highest BCUT2D eigenvalue weighted by atomic mass is 19.4. The first-order chi connectivity index (χ1) is 9.62. The maximum absolute atomic E-state index is 13.0. The summed E-state index contributed by atoms with van der Waals surface area (Å²) in [5.74, 6) is -0.510. The highest BCUT2D eigenvalue weighted by Crippen LogP contribution is 2.36. The van der Waals surface area contributed by atoms with Crippen molar-refractivity contribution in [1.29, 1.82) is 0 Å². The smallest absolute Gasteiger partial charge is 0.387 e. The Morgan fingerprint density at radius 1 is 1.24 bits per heavy atom. The molecule has 0 unspecified atom stereocenters. The normalized spacial score (nSPS) is 12.1. The van der Waals surface area contributed by atoms with Gasteiger partial charge in [0, 0.05) is 12.6 Å². The van der Waals surface area contributed by atoms with E-state index < -0.39 is 23.2 Å². The van der Waals surface area contributed by atoms with Crippen LogP contribution < -0.4 is 10.6 Å². The fourth-order valence-electron chi connectivity index (χ4n) is 2.31. The Morgan fingerprint density at radius 3 is 2.33 bits per heavy atom. The van der Waals surface area contributed by atoms with Crippen LogP contribution in [0.1, 0.15) is 49.5 Å². The summed E-state index contributed by atoms with van der Waals surface area (Å²) in [5.41, 5.74) is -1.51. The van der Waals surface area contributed by atoms with Crippen molar-refractivity contribution in [1.82, 2.24) is 5.32 Å². The highest BCUT2D eigenvalue weighted by molar-refractivity contribution is 6.00. The molecule has 0 saturated carbocycles. The Kier molecular flexibility index (Phi) is 5.25. The molecular weight excluding hydrogens is 281 g/mol. The van der Waals surface area contributed by atoms with Crippen molar-refractivity contribution in [3.63, 3.8) is 0 Å². The molecule has 0 aromatic heterocycles. The van der Waals surface area contributed by atoms with Crippen LogP contribution in [0.5, 0.6) is 0 Å². The lowest BCUT2D eigenvalue weighted by Crippen LogP contribution is -2.43. The van der Waals surface area contributed by atoms with Crippen molar-refractivity contribution in [2.75, 3.05) is 12.4 Å². The van der Waals surface area contributed by atoms with Crippen molar-refractivity contribution in [2.45, 2.75) is 45.3 Å². The maximum atomic E-state index is 13.0. The molecule has 0 aliphatic heterocycles. The van der Waals surface area contributed by atoms with E-state index in [2.05, 4.69) is 10.6 Å². The Hall–Kier alpha value is -1.72. The zero-order valence-electron chi connectivity index (χ0n) is 12.7. The Morgan fingerprint density at radius 2 is 1.86 bits per heavy atom. The molecule has 1 amide bonds. The number of hydrogen-bond acceptors (Lipinski definition) is 2. The van der Waals surface area contributed by atoms with E-state index in [0.29, 0.717) is 0 Å².